The van der Waals surface area contributed by atoms with Gasteiger partial charge in [-0.3, -0.25) is 4.72 Å². The van der Waals surface area contributed by atoms with Gasteiger partial charge in [-0.2, -0.15) is 0 Å². The van der Waals surface area contributed by atoms with Gasteiger partial charge in [-0.1, -0.05) is 30.3 Å². The zero-order chi connectivity index (χ0) is 26.0. The van der Waals surface area contributed by atoms with Gasteiger partial charge >= 0.3 is 0 Å². The van der Waals surface area contributed by atoms with E-state index in [1.807, 2.05) is 0 Å². The third-order valence-corrected chi connectivity index (χ3v) is 7.38. The topological polar surface area (TPSA) is 96.0 Å². The Morgan fingerprint density at radius 3 is 2.57 bits per heavy atom. The Morgan fingerprint density at radius 2 is 1.81 bits per heavy atom. The molecule has 37 heavy (non-hydrogen) atoms. The van der Waals surface area contributed by atoms with Gasteiger partial charge < -0.3 is 10.6 Å². The lowest BCUT2D eigenvalue weighted by Crippen LogP contribution is -2.38. The van der Waals surface area contributed by atoms with Crippen molar-refractivity contribution in [2.75, 3.05) is 23.1 Å². The van der Waals surface area contributed by atoms with Gasteiger partial charge in [-0.15, -0.1) is 0 Å². The lowest BCUT2D eigenvalue weighted by molar-refractivity contribution is 0.478. The number of nitrogens with one attached hydrogen (secondary N) is 3. The number of anilines is 2. The van der Waals surface area contributed by atoms with Crippen molar-refractivity contribution >= 4 is 32.6 Å². The molecule has 1 aliphatic heterocycles. The second kappa shape index (κ2) is 10.3. The SMILES string of the molecule is O=S(=O)(Cc1ccccc1)Nc1ccc(-c2cc3cnc(N[C@H]4CCCNC4)nc3cc2F)c(F)c1F. The summed E-state index contributed by atoms with van der Waals surface area (Å²) in [4.78, 5) is 8.64. The van der Waals surface area contributed by atoms with Gasteiger partial charge in [0.2, 0.25) is 16.0 Å². The van der Waals surface area contributed by atoms with Crippen LogP contribution >= 0.6 is 0 Å². The first kappa shape index (κ1) is 25.0. The number of benzene rings is 3. The molecule has 1 fully saturated rings. The minimum atomic E-state index is -4.01. The molecule has 0 bridgehead atoms. The summed E-state index contributed by atoms with van der Waals surface area (Å²) in [5, 5.41) is 6.95. The average Bonchev–Trinajstić information content (AvgIpc) is 2.88. The van der Waals surface area contributed by atoms with Crippen LogP contribution in [0.3, 0.4) is 0 Å². The number of fused-ring (bicyclic) bond motifs is 1. The molecule has 0 amide bonds. The van der Waals surface area contributed by atoms with E-state index in [2.05, 4.69) is 25.3 Å². The highest BCUT2D eigenvalue weighted by Crippen LogP contribution is 2.33. The second-order valence-electron chi connectivity index (χ2n) is 8.91. The highest BCUT2D eigenvalue weighted by Gasteiger charge is 2.22. The second-order valence-corrected chi connectivity index (χ2v) is 10.6. The van der Waals surface area contributed by atoms with E-state index in [1.54, 1.807) is 30.3 Å². The number of nitrogens with zero attached hydrogens (tertiary/aromatic N) is 2. The van der Waals surface area contributed by atoms with Crippen LogP contribution in [0.15, 0.2) is 60.8 Å². The molecule has 3 aromatic carbocycles. The molecule has 0 saturated carbocycles. The van der Waals surface area contributed by atoms with Crippen molar-refractivity contribution in [1.29, 1.82) is 0 Å². The number of sulfonamides is 1. The fourth-order valence-corrected chi connectivity index (χ4v) is 5.52. The summed E-state index contributed by atoms with van der Waals surface area (Å²) in [6.45, 7) is 1.74. The summed E-state index contributed by atoms with van der Waals surface area (Å²) in [6.07, 6.45) is 3.48. The molecule has 0 spiro atoms. The summed E-state index contributed by atoms with van der Waals surface area (Å²) in [7, 11) is -4.01. The third-order valence-electron chi connectivity index (χ3n) is 6.14. The van der Waals surface area contributed by atoms with Crippen LogP contribution in [-0.2, 0) is 15.8 Å². The van der Waals surface area contributed by atoms with Crippen molar-refractivity contribution < 1.29 is 21.6 Å². The maximum absolute atomic E-state index is 15.0. The van der Waals surface area contributed by atoms with Gasteiger partial charge in [-0.25, -0.2) is 31.6 Å². The zero-order valence-electron chi connectivity index (χ0n) is 19.6. The Morgan fingerprint density at radius 1 is 1.00 bits per heavy atom. The van der Waals surface area contributed by atoms with E-state index < -0.39 is 38.9 Å². The van der Waals surface area contributed by atoms with Crippen molar-refractivity contribution in [2.45, 2.75) is 24.6 Å². The van der Waals surface area contributed by atoms with Crippen molar-refractivity contribution in [1.82, 2.24) is 15.3 Å². The first-order valence-electron chi connectivity index (χ1n) is 11.8. The van der Waals surface area contributed by atoms with E-state index >= 15 is 8.78 Å². The summed E-state index contributed by atoms with van der Waals surface area (Å²) >= 11 is 0. The third kappa shape index (κ3) is 5.67. The lowest BCUT2D eigenvalue weighted by Gasteiger charge is -2.23. The summed E-state index contributed by atoms with van der Waals surface area (Å²) in [5.74, 6) is -3.65. The first-order chi connectivity index (χ1) is 17.8. The Labute approximate surface area is 212 Å². The molecule has 1 atom stereocenters. The lowest BCUT2D eigenvalue weighted by atomic mass is 10.0. The fraction of sp³-hybridized carbons (Fsp3) is 0.231. The molecule has 2 heterocycles. The largest absolute Gasteiger partial charge is 0.350 e. The zero-order valence-corrected chi connectivity index (χ0v) is 20.5. The predicted octanol–water partition coefficient (Wildman–Crippen LogP) is 4.82. The molecule has 1 aromatic heterocycles. The van der Waals surface area contributed by atoms with E-state index in [9.17, 15) is 12.8 Å². The fourth-order valence-electron chi connectivity index (χ4n) is 4.32. The van der Waals surface area contributed by atoms with Crippen LogP contribution in [0.2, 0.25) is 0 Å². The van der Waals surface area contributed by atoms with Crippen LogP contribution in [0.5, 0.6) is 0 Å². The Balaban J connectivity index is 1.40. The van der Waals surface area contributed by atoms with Crippen LogP contribution in [0.25, 0.3) is 22.0 Å². The molecule has 0 radical (unpaired) electrons. The molecule has 11 heteroatoms. The average molecular weight is 528 g/mol. The van der Waals surface area contributed by atoms with Gasteiger partial charge in [0.1, 0.15) is 5.82 Å². The van der Waals surface area contributed by atoms with Gasteiger partial charge in [0.15, 0.2) is 11.6 Å². The summed E-state index contributed by atoms with van der Waals surface area (Å²) in [6, 6.07) is 13.2. The number of aromatic nitrogens is 2. The smallest absolute Gasteiger partial charge is 0.237 e. The van der Waals surface area contributed by atoms with Gasteiger partial charge in [0.05, 0.1) is 17.0 Å². The number of rotatable bonds is 7. The van der Waals surface area contributed by atoms with Crippen molar-refractivity contribution in [3.05, 3.63) is 83.8 Å². The van der Waals surface area contributed by atoms with E-state index in [4.69, 9.17) is 0 Å². The van der Waals surface area contributed by atoms with Crippen LogP contribution < -0.4 is 15.4 Å². The maximum Gasteiger partial charge on any atom is 0.237 e. The minimum absolute atomic E-state index is 0.163. The highest BCUT2D eigenvalue weighted by molar-refractivity contribution is 7.91. The summed E-state index contributed by atoms with van der Waals surface area (Å²) < 4.78 is 71.9. The number of hydrogen-bond acceptors (Lipinski definition) is 6. The molecule has 0 aliphatic carbocycles. The Bertz CT molecular complexity index is 1550. The van der Waals surface area contributed by atoms with Gasteiger partial charge in [0, 0.05) is 41.4 Å². The molecule has 1 aliphatic rings. The Kier molecular flexibility index (Phi) is 6.98. The molecule has 192 valence electrons. The quantitative estimate of drug-likeness (QED) is 0.319. The van der Waals surface area contributed by atoms with Crippen LogP contribution in [0.1, 0.15) is 18.4 Å². The molecule has 5 rings (SSSR count). The van der Waals surface area contributed by atoms with E-state index in [-0.39, 0.29) is 17.2 Å². The molecular weight excluding hydrogens is 503 g/mol. The van der Waals surface area contributed by atoms with E-state index in [0.717, 1.165) is 44.1 Å². The normalized spacial score (nSPS) is 16.0. The predicted molar refractivity (Wildman–Crippen MR) is 137 cm³/mol. The molecule has 0 unspecified atom stereocenters. The molecule has 7 nitrogen and oxygen atoms in total. The van der Waals surface area contributed by atoms with Gasteiger partial charge in [-0.05, 0) is 43.1 Å². The highest BCUT2D eigenvalue weighted by atomic mass is 32.2. The number of hydrogen-bond donors (Lipinski definition) is 3. The summed E-state index contributed by atoms with van der Waals surface area (Å²) in [5.41, 5.74) is -0.299. The van der Waals surface area contributed by atoms with E-state index in [0.29, 0.717) is 22.4 Å². The molecular formula is C26H24F3N5O2S. The molecule has 3 N–H and O–H groups in total. The number of piperidine rings is 1. The van der Waals surface area contributed by atoms with Crippen LogP contribution in [-0.4, -0.2) is 37.5 Å². The van der Waals surface area contributed by atoms with Crippen molar-refractivity contribution in [2.24, 2.45) is 0 Å². The molecule has 4 aromatic rings. The number of halogens is 3. The van der Waals surface area contributed by atoms with Crippen LogP contribution in [0, 0.1) is 17.5 Å². The van der Waals surface area contributed by atoms with Crippen LogP contribution in [0.4, 0.5) is 24.8 Å². The monoisotopic (exact) mass is 527 g/mol. The van der Waals surface area contributed by atoms with E-state index in [1.165, 1.54) is 12.3 Å². The minimum Gasteiger partial charge on any atom is -0.350 e. The van der Waals surface area contributed by atoms with Gasteiger partial charge in [0.25, 0.3) is 0 Å². The Hall–Kier alpha value is -3.70. The van der Waals surface area contributed by atoms with Crippen molar-refractivity contribution in [3.63, 3.8) is 0 Å². The maximum atomic E-state index is 15.0. The molecule has 1 saturated heterocycles. The first-order valence-corrected chi connectivity index (χ1v) is 13.4. The van der Waals surface area contributed by atoms with Crippen molar-refractivity contribution in [3.8, 4) is 11.1 Å². The standard InChI is InChI=1S/C26H24F3N5O2S/c27-21-12-23-17(13-31-26(33-23)32-18-7-4-10-30-14-18)11-20(21)19-8-9-22(25(29)24(19)28)34-37(35,36)15-16-5-2-1-3-6-16/h1-3,5-6,8-9,11-13,18,30,34H,4,7,10,14-15H2,(H,31,32,33)/t18-/m0/s1.